The van der Waals surface area contributed by atoms with Gasteiger partial charge in [0.15, 0.2) is 0 Å². The van der Waals surface area contributed by atoms with Crippen LogP contribution in [-0.4, -0.2) is 10.9 Å². The molecule has 0 spiro atoms. The molecule has 1 amide bonds. The van der Waals surface area contributed by atoms with Gasteiger partial charge < -0.3 is 5.32 Å². The maximum absolute atomic E-state index is 11.6. The second kappa shape index (κ2) is 6.37. The summed E-state index contributed by atoms with van der Waals surface area (Å²) in [4.78, 5) is 17.2. The van der Waals surface area contributed by atoms with Crippen molar-refractivity contribution < 1.29 is 4.79 Å². The Morgan fingerprint density at radius 2 is 2.10 bits per heavy atom. The van der Waals surface area contributed by atoms with Crippen molar-refractivity contribution in [1.82, 2.24) is 10.3 Å². The number of hydrogen-bond donors (Lipinski definition) is 1. The van der Waals surface area contributed by atoms with Crippen LogP contribution in [0, 0.1) is 12.8 Å². The Morgan fingerprint density at radius 1 is 1.40 bits per heavy atom. The maximum atomic E-state index is 11.6. The van der Waals surface area contributed by atoms with Crippen LogP contribution in [0.1, 0.15) is 24.4 Å². The Bertz CT molecular complexity index is 622. The van der Waals surface area contributed by atoms with Gasteiger partial charge in [0.1, 0.15) is 5.01 Å². The molecular weight excluding hydrogens is 292 g/mol. The fourth-order valence-corrected chi connectivity index (χ4v) is 3.04. The first kappa shape index (κ1) is 15.0. The third kappa shape index (κ3) is 3.38. The number of nitrogens with zero attached hydrogens (tertiary/aromatic N) is 1. The number of aryl methyl sites for hydroxylation is 1. The second-order valence-electron chi connectivity index (χ2n) is 4.88. The smallest absolute Gasteiger partial charge is 0.222 e. The van der Waals surface area contributed by atoms with Crippen molar-refractivity contribution in [3.63, 3.8) is 0 Å². The van der Waals surface area contributed by atoms with Gasteiger partial charge in [0, 0.05) is 16.4 Å². The van der Waals surface area contributed by atoms with Crippen molar-refractivity contribution in [2.45, 2.75) is 27.3 Å². The SMILES string of the molecule is Cc1nc(-c2ccccc2Cl)sc1CNC(=O)C(C)C. The molecule has 1 N–H and O–H groups in total. The highest BCUT2D eigenvalue weighted by Crippen LogP contribution is 2.32. The van der Waals surface area contributed by atoms with E-state index in [-0.39, 0.29) is 11.8 Å². The van der Waals surface area contributed by atoms with Crippen molar-refractivity contribution in [2.75, 3.05) is 0 Å². The van der Waals surface area contributed by atoms with Gasteiger partial charge in [-0.1, -0.05) is 43.6 Å². The molecule has 1 aromatic heterocycles. The van der Waals surface area contributed by atoms with E-state index in [1.165, 1.54) is 0 Å². The van der Waals surface area contributed by atoms with Crippen LogP contribution in [0.4, 0.5) is 0 Å². The highest BCUT2D eigenvalue weighted by Gasteiger charge is 2.13. The number of carbonyl (C=O) groups excluding carboxylic acids is 1. The second-order valence-corrected chi connectivity index (χ2v) is 6.37. The van der Waals surface area contributed by atoms with E-state index in [9.17, 15) is 4.79 Å². The summed E-state index contributed by atoms with van der Waals surface area (Å²) in [5.74, 6) is 0.0448. The average molecular weight is 309 g/mol. The molecule has 1 aromatic carbocycles. The Hall–Kier alpha value is -1.39. The number of halogens is 1. The zero-order valence-electron chi connectivity index (χ0n) is 11.7. The summed E-state index contributed by atoms with van der Waals surface area (Å²) in [5.41, 5.74) is 1.87. The molecule has 0 saturated heterocycles. The molecule has 1 heterocycles. The van der Waals surface area contributed by atoms with Gasteiger partial charge in [0.05, 0.1) is 17.3 Å². The molecule has 3 nitrogen and oxygen atoms in total. The summed E-state index contributed by atoms with van der Waals surface area (Å²) in [6.45, 7) is 6.23. The van der Waals surface area contributed by atoms with Crippen LogP contribution in [-0.2, 0) is 11.3 Å². The maximum Gasteiger partial charge on any atom is 0.222 e. The van der Waals surface area contributed by atoms with E-state index >= 15 is 0 Å². The first-order valence-electron chi connectivity index (χ1n) is 6.48. The molecule has 0 bridgehead atoms. The molecule has 0 aliphatic rings. The molecule has 0 aliphatic carbocycles. The number of benzene rings is 1. The summed E-state index contributed by atoms with van der Waals surface area (Å²) in [6, 6.07) is 7.65. The van der Waals surface area contributed by atoms with Crippen LogP contribution in [0.3, 0.4) is 0 Å². The van der Waals surface area contributed by atoms with Crippen molar-refractivity contribution in [2.24, 2.45) is 5.92 Å². The number of nitrogens with one attached hydrogen (secondary N) is 1. The first-order valence-corrected chi connectivity index (χ1v) is 7.67. The van der Waals surface area contributed by atoms with E-state index in [4.69, 9.17) is 11.6 Å². The van der Waals surface area contributed by atoms with E-state index in [1.807, 2.05) is 45.0 Å². The minimum atomic E-state index is -0.00809. The van der Waals surface area contributed by atoms with Crippen molar-refractivity contribution in [3.8, 4) is 10.6 Å². The number of amides is 1. The zero-order chi connectivity index (χ0) is 14.7. The van der Waals surface area contributed by atoms with E-state index in [2.05, 4.69) is 10.3 Å². The molecule has 2 rings (SSSR count). The van der Waals surface area contributed by atoms with Crippen molar-refractivity contribution >= 4 is 28.8 Å². The zero-order valence-corrected chi connectivity index (χ0v) is 13.3. The number of rotatable bonds is 4. The van der Waals surface area contributed by atoms with Crippen LogP contribution in [0.15, 0.2) is 24.3 Å². The number of thiazole rings is 1. The quantitative estimate of drug-likeness (QED) is 0.926. The summed E-state index contributed by atoms with van der Waals surface area (Å²) in [5, 5.41) is 4.50. The van der Waals surface area contributed by atoms with E-state index < -0.39 is 0 Å². The Morgan fingerprint density at radius 3 is 2.75 bits per heavy atom. The molecule has 0 aliphatic heterocycles. The lowest BCUT2D eigenvalue weighted by Gasteiger charge is -2.06. The minimum absolute atomic E-state index is 0.00809. The first-order chi connectivity index (χ1) is 9.49. The Kier molecular flexibility index (Phi) is 4.78. The molecule has 5 heteroatoms. The van der Waals surface area contributed by atoms with Crippen molar-refractivity contribution in [3.05, 3.63) is 39.9 Å². The van der Waals surface area contributed by atoms with Gasteiger partial charge in [0.2, 0.25) is 5.91 Å². The molecule has 0 unspecified atom stereocenters. The van der Waals surface area contributed by atoms with E-state index in [1.54, 1.807) is 11.3 Å². The molecule has 0 atom stereocenters. The van der Waals surface area contributed by atoms with Gasteiger partial charge in [0.25, 0.3) is 0 Å². The average Bonchev–Trinajstić information content (AvgIpc) is 2.77. The molecule has 0 radical (unpaired) electrons. The molecule has 106 valence electrons. The highest BCUT2D eigenvalue weighted by atomic mass is 35.5. The lowest BCUT2D eigenvalue weighted by molar-refractivity contribution is -0.124. The molecule has 2 aromatic rings. The fourth-order valence-electron chi connectivity index (χ4n) is 1.71. The van der Waals surface area contributed by atoms with Gasteiger partial charge in [-0.15, -0.1) is 11.3 Å². The van der Waals surface area contributed by atoms with Gasteiger partial charge in [-0.2, -0.15) is 0 Å². The predicted octanol–water partition coefficient (Wildman–Crippen LogP) is 4.04. The van der Waals surface area contributed by atoms with Gasteiger partial charge >= 0.3 is 0 Å². The third-order valence-electron chi connectivity index (χ3n) is 2.94. The van der Waals surface area contributed by atoms with Crippen LogP contribution in [0.2, 0.25) is 5.02 Å². The Labute approximate surface area is 128 Å². The summed E-state index contributed by atoms with van der Waals surface area (Å²) < 4.78 is 0. The van der Waals surface area contributed by atoms with Crippen molar-refractivity contribution in [1.29, 1.82) is 0 Å². The lowest BCUT2D eigenvalue weighted by Crippen LogP contribution is -2.26. The summed E-state index contributed by atoms with van der Waals surface area (Å²) >= 11 is 7.76. The van der Waals surface area contributed by atoms with E-state index in [0.29, 0.717) is 11.6 Å². The monoisotopic (exact) mass is 308 g/mol. The molecular formula is C15H17ClN2OS. The minimum Gasteiger partial charge on any atom is -0.351 e. The lowest BCUT2D eigenvalue weighted by atomic mass is 10.2. The topological polar surface area (TPSA) is 42.0 Å². The van der Waals surface area contributed by atoms with E-state index in [0.717, 1.165) is 21.1 Å². The normalized spacial score (nSPS) is 10.8. The van der Waals surface area contributed by atoms with Crippen LogP contribution >= 0.6 is 22.9 Å². The molecule has 20 heavy (non-hydrogen) atoms. The highest BCUT2D eigenvalue weighted by molar-refractivity contribution is 7.15. The standard InChI is InChI=1S/C15H17ClN2OS/c1-9(2)14(19)17-8-13-10(3)18-15(20-13)11-6-4-5-7-12(11)16/h4-7,9H,8H2,1-3H3,(H,17,19). The van der Waals surface area contributed by atoms with Crippen LogP contribution in [0.5, 0.6) is 0 Å². The van der Waals surface area contributed by atoms with Crippen LogP contribution < -0.4 is 5.32 Å². The van der Waals surface area contributed by atoms with Gasteiger partial charge in [-0.3, -0.25) is 4.79 Å². The number of hydrogen-bond acceptors (Lipinski definition) is 3. The number of carbonyl (C=O) groups is 1. The largest absolute Gasteiger partial charge is 0.351 e. The third-order valence-corrected chi connectivity index (χ3v) is 4.46. The summed E-state index contributed by atoms with van der Waals surface area (Å²) in [7, 11) is 0. The molecule has 0 saturated carbocycles. The Balaban J connectivity index is 2.18. The van der Waals surface area contributed by atoms with Gasteiger partial charge in [-0.25, -0.2) is 4.98 Å². The predicted molar refractivity (Wildman–Crippen MR) is 84.0 cm³/mol. The van der Waals surface area contributed by atoms with Crippen LogP contribution in [0.25, 0.3) is 10.6 Å². The van der Waals surface area contributed by atoms with Gasteiger partial charge in [-0.05, 0) is 13.0 Å². The number of aromatic nitrogens is 1. The fraction of sp³-hybridized carbons (Fsp3) is 0.333. The molecule has 0 fully saturated rings. The summed E-state index contributed by atoms with van der Waals surface area (Å²) in [6.07, 6.45) is 0.